The standard InChI is InChI=1S/C24H29F6N3/c25-23(26,27)17-11-16(12-18(13-17)24(28,29)30)20-14-31-22(33-20)21(15-7-3-1-4-8-15)32-19-9-5-2-6-10-19/h11-15,19,21,32H,1-10H2,(H,31,33)/t21-/m1/s1. The Morgan fingerprint density at radius 3 is 1.88 bits per heavy atom. The topological polar surface area (TPSA) is 40.7 Å². The van der Waals surface area contributed by atoms with Gasteiger partial charge in [0.2, 0.25) is 0 Å². The summed E-state index contributed by atoms with van der Waals surface area (Å²) in [6, 6.07) is 1.91. The Morgan fingerprint density at radius 1 is 0.788 bits per heavy atom. The van der Waals surface area contributed by atoms with Gasteiger partial charge in [-0.25, -0.2) is 4.98 Å². The van der Waals surface area contributed by atoms with E-state index in [0.717, 1.165) is 63.5 Å². The zero-order chi connectivity index (χ0) is 23.6. The molecule has 4 rings (SSSR count). The zero-order valence-corrected chi connectivity index (χ0v) is 18.3. The van der Waals surface area contributed by atoms with Crippen molar-refractivity contribution in [1.82, 2.24) is 15.3 Å². The first-order valence-corrected chi connectivity index (χ1v) is 11.7. The molecular formula is C24H29F6N3. The van der Waals surface area contributed by atoms with E-state index in [1.54, 1.807) is 0 Å². The molecule has 0 saturated heterocycles. The lowest BCUT2D eigenvalue weighted by atomic mass is 9.82. The van der Waals surface area contributed by atoms with E-state index in [2.05, 4.69) is 15.3 Å². The number of nitrogens with one attached hydrogen (secondary N) is 2. The SMILES string of the molecule is FC(F)(F)c1cc(-c2cnc([C@H](NC3CCCCC3)C3CCCCC3)[nH]2)cc(C(F)(F)F)c1. The van der Waals surface area contributed by atoms with Gasteiger partial charge in [0, 0.05) is 11.6 Å². The molecule has 2 N–H and O–H groups in total. The van der Waals surface area contributed by atoms with Gasteiger partial charge in [0.15, 0.2) is 0 Å². The molecule has 3 nitrogen and oxygen atoms in total. The van der Waals surface area contributed by atoms with Crippen molar-refractivity contribution >= 4 is 0 Å². The van der Waals surface area contributed by atoms with Crippen molar-refractivity contribution in [1.29, 1.82) is 0 Å². The predicted molar refractivity (Wildman–Crippen MR) is 113 cm³/mol. The van der Waals surface area contributed by atoms with E-state index in [0.29, 0.717) is 17.8 Å². The van der Waals surface area contributed by atoms with Crippen LogP contribution in [0.4, 0.5) is 26.3 Å². The summed E-state index contributed by atoms with van der Waals surface area (Å²) >= 11 is 0. The number of nitrogens with zero attached hydrogens (tertiary/aromatic N) is 1. The number of halogens is 6. The van der Waals surface area contributed by atoms with E-state index in [1.807, 2.05) is 0 Å². The van der Waals surface area contributed by atoms with Crippen LogP contribution in [0.3, 0.4) is 0 Å². The van der Waals surface area contributed by atoms with Crippen LogP contribution in [0.15, 0.2) is 24.4 Å². The molecule has 9 heteroatoms. The molecule has 2 aliphatic rings. The summed E-state index contributed by atoms with van der Waals surface area (Å²) < 4.78 is 79.7. The minimum Gasteiger partial charge on any atom is -0.341 e. The summed E-state index contributed by atoms with van der Waals surface area (Å²) in [6.07, 6.45) is 2.72. The Bertz CT molecular complexity index is 889. The maximum atomic E-state index is 13.3. The second-order valence-corrected chi connectivity index (χ2v) is 9.35. The highest BCUT2D eigenvalue weighted by atomic mass is 19.4. The average molecular weight is 474 g/mol. The third-order valence-electron chi connectivity index (χ3n) is 6.93. The van der Waals surface area contributed by atoms with Gasteiger partial charge in [-0.05, 0) is 49.8 Å². The lowest BCUT2D eigenvalue weighted by Gasteiger charge is -2.34. The zero-order valence-electron chi connectivity index (χ0n) is 18.3. The van der Waals surface area contributed by atoms with Gasteiger partial charge in [-0.15, -0.1) is 0 Å². The molecule has 0 unspecified atom stereocenters. The fraction of sp³-hybridized carbons (Fsp3) is 0.625. The summed E-state index contributed by atoms with van der Waals surface area (Å²) in [5, 5.41) is 3.72. The second-order valence-electron chi connectivity index (χ2n) is 9.35. The molecule has 1 atom stereocenters. The fourth-order valence-electron chi connectivity index (χ4n) is 5.18. The first kappa shape index (κ1) is 24.1. The Hall–Kier alpha value is -2.03. The number of benzene rings is 1. The molecule has 1 aromatic carbocycles. The monoisotopic (exact) mass is 473 g/mol. The predicted octanol–water partition coefficient (Wildman–Crippen LogP) is 7.66. The van der Waals surface area contributed by atoms with Crippen LogP contribution in [0.1, 0.15) is 87.2 Å². The van der Waals surface area contributed by atoms with E-state index in [9.17, 15) is 26.3 Å². The summed E-state index contributed by atoms with van der Waals surface area (Å²) in [7, 11) is 0. The van der Waals surface area contributed by atoms with E-state index >= 15 is 0 Å². The van der Waals surface area contributed by atoms with Gasteiger partial charge in [-0.2, -0.15) is 26.3 Å². The van der Waals surface area contributed by atoms with Gasteiger partial charge in [-0.3, -0.25) is 0 Å². The quantitative estimate of drug-likeness (QED) is 0.438. The van der Waals surface area contributed by atoms with Crippen LogP contribution >= 0.6 is 0 Å². The second kappa shape index (κ2) is 9.68. The summed E-state index contributed by atoms with van der Waals surface area (Å²) in [4.78, 5) is 7.50. The molecule has 0 amide bonds. The van der Waals surface area contributed by atoms with Crippen LogP contribution in [0.25, 0.3) is 11.3 Å². The number of rotatable bonds is 5. The van der Waals surface area contributed by atoms with E-state index in [-0.39, 0.29) is 23.4 Å². The van der Waals surface area contributed by atoms with Crippen LogP contribution < -0.4 is 5.32 Å². The first-order chi connectivity index (χ1) is 15.6. The van der Waals surface area contributed by atoms with Gasteiger partial charge in [0.25, 0.3) is 0 Å². The molecule has 0 bridgehead atoms. The largest absolute Gasteiger partial charge is 0.416 e. The average Bonchev–Trinajstić information content (AvgIpc) is 3.27. The highest BCUT2D eigenvalue weighted by Crippen LogP contribution is 2.39. The summed E-state index contributed by atoms with van der Waals surface area (Å²) in [5.41, 5.74) is -2.66. The molecule has 182 valence electrons. The smallest absolute Gasteiger partial charge is 0.341 e. The highest BCUT2D eigenvalue weighted by Gasteiger charge is 2.37. The third-order valence-corrected chi connectivity index (χ3v) is 6.93. The molecule has 0 aliphatic heterocycles. The van der Waals surface area contributed by atoms with Crippen LogP contribution in [0, 0.1) is 5.92 Å². The van der Waals surface area contributed by atoms with Gasteiger partial charge in [0.1, 0.15) is 5.82 Å². The van der Waals surface area contributed by atoms with Crippen molar-refractivity contribution in [2.24, 2.45) is 5.92 Å². The van der Waals surface area contributed by atoms with Gasteiger partial charge in [-0.1, -0.05) is 38.5 Å². The van der Waals surface area contributed by atoms with Crippen molar-refractivity contribution in [2.75, 3.05) is 0 Å². The molecule has 33 heavy (non-hydrogen) atoms. The fourth-order valence-corrected chi connectivity index (χ4v) is 5.18. The normalized spacial score (nSPS) is 20.2. The number of alkyl halides is 6. The Labute approximate surface area is 189 Å². The lowest BCUT2D eigenvalue weighted by Crippen LogP contribution is -2.39. The number of imidazole rings is 1. The molecular weight excluding hydrogens is 444 g/mol. The molecule has 2 saturated carbocycles. The van der Waals surface area contributed by atoms with Gasteiger partial charge < -0.3 is 10.3 Å². The minimum atomic E-state index is -4.88. The minimum absolute atomic E-state index is 0.0879. The van der Waals surface area contributed by atoms with Gasteiger partial charge >= 0.3 is 12.4 Å². The lowest BCUT2D eigenvalue weighted by molar-refractivity contribution is -0.143. The summed E-state index contributed by atoms with van der Waals surface area (Å²) in [5.74, 6) is 0.931. The molecule has 1 aromatic heterocycles. The number of aromatic nitrogens is 2. The Balaban J connectivity index is 1.66. The number of hydrogen-bond acceptors (Lipinski definition) is 2. The van der Waals surface area contributed by atoms with Crippen LogP contribution in [0.2, 0.25) is 0 Å². The Morgan fingerprint density at radius 2 is 1.33 bits per heavy atom. The van der Waals surface area contributed by atoms with Crippen LogP contribution in [0.5, 0.6) is 0 Å². The van der Waals surface area contributed by atoms with E-state index in [4.69, 9.17) is 0 Å². The molecule has 0 spiro atoms. The molecule has 1 heterocycles. The maximum Gasteiger partial charge on any atom is 0.416 e. The van der Waals surface area contributed by atoms with Crippen molar-refractivity contribution in [3.63, 3.8) is 0 Å². The molecule has 2 aromatic rings. The van der Waals surface area contributed by atoms with Crippen molar-refractivity contribution in [3.8, 4) is 11.3 Å². The van der Waals surface area contributed by atoms with Crippen LogP contribution in [-0.2, 0) is 12.4 Å². The van der Waals surface area contributed by atoms with E-state index < -0.39 is 23.5 Å². The molecule has 2 aliphatic carbocycles. The number of aromatic amines is 1. The molecule has 2 fully saturated rings. The number of H-pyrrole nitrogens is 1. The van der Waals surface area contributed by atoms with Crippen molar-refractivity contribution < 1.29 is 26.3 Å². The summed E-state index contributed by atoms with van der Waals surface area (Å²) in [6.45, 7) is 0. The highest BCUT2D eigenvalue weighted by molar-refractivity contribution is 5.61. The molecule has 0 radical (unpaired) electrons. The van der Waals surface area contributed by atoms with Crippen molar-refractivity contribution in [2.45, 2.75) is 88.6 Å². The van der Waals surface area contributed by atoms with Crippen molar-refractivity contribution in [3.05, 3.63) is 41.3 Å². The first-order valence-electron chi connectivity index (χ1n) is 11.7. The maximum absolute atomic E-state index is 13.3. The van der Waals surface area contributed by atoms with Gasteiger partial charge in [0.05, 0.1) is 29.1 Å². The third kappa shape index (κ3) is 5.91. The van der Waals surface area contributed by atoms with Crippen LogP contribution in [-0.4, -0.2) is 16.0 Å². The number of hydrogen-bond donors (Lipinski definition) is 2. The van der Waals surface area contributed by atoms with E-state index in [1.165, 1.54) is 19.0 Å². The Kier molecular flexibility index (Phi) is 7.07.